The molecule has 0 fully saturated rings. The first-order valence-electron chi connectivity index (χ1n) is 12.0. The van der Waals surface area contributed by atoms with E-state index in [1.807, 2.05) is 26.0 Å². The number of carbonyl (C=O) groups is 2. The van der Waals surface area contributed by atoms with Gasteiger partial charge in [0.1, 0.15) is 6.10 Å². The second kappa shape index (κ2) is 12.5. The van der Waals surface area contributed by atoms with Crippen molar-refractivity contribution in [3.63, 3.8) is 0 Å². The van der Waals surface area contributed by atoms with Crippen LogP contribution in [-0.2, 0) is 19.1 Å². The molecule has 0 radical (unpaired) electrons. The van der Waals surface area contributed by atoms with Crippen LogP contribution in [0.1, 0.15) is 66.2 Å². The van der Waals surface area contributed by atoms with Crippen molar-refractivity contribution in [2.75, 3.05) is 6.61 Å². The van der Waals surface area contributed by atoms with Crippen molar-refractivity contribution in [1.82, 2.24) is 0 Å². The lowest BCUT2D eigenvalue weighted by atomic mass is 9.66. The molecule has 3 N–H and O–H groups in total. The molecular formula is C25H40O7. The zero-order valence-corrected chi connectivity index (χ0v) is 19.8. The number of ether oxygens (including phenoxy) is 2. The van der Waals surface area contributed by atoms with Crippen LogP contribution in [0.5, 0.6) is 0 Å². The molecule has 2 aliphatic rings. The third-order valence-electron chi connectivity index (χ3n) is 6.74. The first-order valence-corrected chi connectivity index (χ1v) is 12.0. The zero-order valence-electron chi connectivity index (χ0n) is 19.8. The molecule has 0 saturated heterocycles. The van der Waals surface area contributed by atoms with Crippen LogP contribution in [0.2, 0.25) is 0 Å². The van der Waals surface area contributed by atoms with Crippen molar-refractivity contribution >= 4 is 11.9 Å². The molecule has 2 rings (SSSR count). The smallest absolute Gasteiger partial charge is 0.308 e. The highest BCUT2D eigenvalue weighted by molar-refractivity contribution is 5.72. The Morgan fingerprint density at radius 1 is 1.22 bits per heavy atom. The minimum absolute atomic E-state index is 0.0388. The molecule has 0 bridgehead atoms. The van der Waals surface area contributed by atoms with Crippen molar-refractivity contribution in [1.29, 1.82) is 0 Å². The van der Waals surface area contributed by atoms with Crippen molar-refractivity contribution in [3.05, 3.63) is 23.8 Å². The van der Waals surface area contributed by atoms with Crippen LogP contribution in [0, 0.1) is 23.7 Å². The monoisotopic (exact) mass is 452 g/mol. The second-order valence-electron chi connectivity index (χ2n) is 9.29. The van der Waals surface area contributed by atoms with Crippen molar-refractivity contribution in [2.24, 2.45) is 23.7 Å². The van der Waals surface area contributed by atoms with Gasteiger partial charge in [-0.25, -0.2) is 0 Å². The minimum atomic E-state index is -0.947. The number of hydrogen-bond donors (Lipinski definition) is 3. The highest BCUT2D eigenvalue weighted by atomic mass is 16.5. The third kappa shape index (κ3) is 7.42. The summed E-state index contributed by atoms with van der Waals surface area (Å²) in [5.41, 5.74) is 0.977. The predicted molar refractivity (Wildman–Crippen MR) is 120 cm³/mol. The molecule has 0 aromatic heterocycles. The van der Waals surface area contributed by atoms with E-state index in [1.165, 1.54) is 0 Å². The van der Waals surface area contributed by atoms with Gasteiger partial charge in [0.15, 0.2) is 0 Å². The summed E-state index contributed by atoms with van der Waals surface area (Å²) >= 11 is 0. The molecule has 0 spiro atoms. The second-order valence-corrected chi connectivity index (χ2v) is 9.29. The van der Waals surface area contributed by atoms with Crippen LogP contribution in [0.3, 0.4) is 0 Å². The number of hydrogen-bond acceptors (Lipinski definition) is 7. The molecule has 32 heavy (non-hydrogen) atoms. The van der Waals surface area contributed by atoms with E-state index in [0.29, 0.717) is 25.7 Å². The number of aliphatic hydroxyl groups is 3. The van der Waals surface area contributed by atoms with E-state index < -0.39 is 30.4 Å². The maximum absolute atomic E-state index is 12.5. The van der Waals surface area contributed by atoms with E-state index in [2.05, 4.69) is 13.0 Å². The molecule has 8 atom stereocenters. The number of esters is 2. The summed E-state index contributed by atoms with van der Waals surface area (Å²) in [5, 5.41) is 30.8. The normalized spacial score (nSPS) is 30.0. The molecule has 7 heteroatoms. The van der Waals surface area contributed by atoms with Crippen molar-refractivity contribution in [3.8, 4) is 0 Å². The number of fused-ring (bicyclic) bond motifs is 1. The summed E-state index contributed by atoms with van der Waals surface area (Å²) in [6.45, 7) is 7.86. The van der Waals surface area contributed by atoms with E-state index in [4.69, 9.17) is 9.47 Å². The Bertz CT molecular complexity index is 686. The molecule has 7 nitrogen and oxygen atoms in total. The fourth-order valence-corrected chi connectivity index (χ4v) is 4.73. The van der Waals surface area contributed by atoms with Gasteiger partial charge in [0.05, 0.1) is 37.3 Å². The van der Waals surface area contributed by atoms with Crippen molar-refractivity contribution in [2.45, 2.75) is 90.6 Å². The topological polar surface area (TPSA) is 113 Å². The summed E-state index contributed by atoms with van der Waals surface area (Å²) in [5.74, 6) is -0.602. The Kier molecular flexibility index (Phi) is 10.4. The highest BCUT2D eigenvalue weighted by Crippen LogP contribution is 2.44. The lowest BCUT2D eigenvalue weighted by Crippen LogP contribution is -2.43. The van der Waals surface area contributed by atoms with Gasteiger partial charge in [-0.1, -0.05) is 39.0 Å². The van der Waals surface area contributed by atoms with Gasteiger partial charge in [-0.15, -0.1) is 0 Å². The number of carbonyl (C=O) groups excluding carboxylic acids is 2. The standard InChI is InChI=1S/C25H40O7/c1-5-15(3)25(30)32-22-13-19(27)11-17-8-7-16(4)21(24(17)22)10-9-18(26)12-20(28)14-23(29)31-6-2/h7-8,11,15-16,18-22,24,26-28H,5-6,9-10,12-14H2,1-4H3/t15-,16-,18+,19+,20+,21-,22-,24-/m0/s1. The molecule has 2 aliphatic carbocycles. The highest BCUT2D eigenvalue weighted by Gasteiger charge is 2.42. The van der Waals surface area contributed by atoms with Crippen LogP contribution in [0.4, 0.5) is 0 Å². The van der Waals surface area contributed by atoms with Crippen LogP contribution in [0.15, 0.2) is 23.8 Å². The van der Waals surface area contributed by atoms with Gasteiger partial charge < -0.3 is 24.8 Å². The molecule has 0 saturated carbocycles. The van der Waals surface area contributed by atoms with Gasteiger partial charge in [-0.2, -0.15) is 0 Å². The van der Waals surface area contributed by atoms with Crippen LogP contribution >= 0.6 is 0 Å². The van der Waals surface area contributed by atoms with Gasteiger partial charge in [0.25, 0.3) is 0 Å². The van der Waals surface area contributed by atoms with Gasteiger partial charge in [0, 0.05) is 12.3 Å². The van der Waals surface area contributed by atoms with E-state index in [-0.39, 0.29) is 49.1 Å². The Hall–Kier alpha value is -1.70. The van der Waals surface area contributed by atoms with Crippen LogP contribution < -0.4 is 0 Å². The van der Waals surface area contributed by atoms with E-state index >= 15 is 0 Å². The Morgan fingerprint density at radius 2 is 1.94 bits per heavy atom. The summed E-state index contributed by atoms with van der Waals surface area (Å²) in [7, 11) is 0. The molecule has 0 heterocycles. The summed E-state index contributed by atoms with van der Waals surface area (Å²) in [4.78, 5) is 24.0. The molecular weight excluding hydrogens is 412 g/mol. The fraction of sp³-hybridized carbons (Fsp3) is 0.760. The lowest BCUT2D eigenvalue weighted by molar-refractivity contribution is -0.159. The average Bonchev–Trinajstić information content (AvgIpc) is 2.72. The van der Waals surface area contributed by atoms with Gasteiger partial charge >= 0.3 is 11.9 Å². The SMILES string of the molecule is CCOC(=O)C[C@H](O)C[C@H](O)CC[C@@H]1[C@@H]2C(=C[C@@H](O)C[C@@H]2OC(=O)[C@@H](C)CC)C=C[C@@H]1C. The maximum atomic E-state index is 12.5. The lowest BCUT2D eigenvalue weighted by Gasteiger charge is -2.43. The Morgan fingerprint density at radius 3 is 2.59 bits per heavy atom. The largest absolute Gasteiger partial charge is 0.466 e. The maximum Gasteiger partial charge on any atom is 0.308 e. The van der Waals surface area contributed by atoms with E-state index in [9.17, 15) is 24.9 Å². The molecule has 0 amide bonds. The van der Waals surface area contributed by atoms with Crippen LogP contribution in [-0.4, -0.2) is 58.3 Å². The first kappa shape index (κ1) is 26.6. The van der Waals surface area contributed by atoms with E-state index in [0.717, 1.165) is 5.57 Å². The molecule has 0 unspecified atom stereocenters. The molecule has 182 valence electrons. The summed E-state index contributed by atoms with van der Waals surface area (Å²) in [6, 6.07) is 0. The van der Waals surface area contributed by atoms with Gasteiger partial charge in [-0.3, -0.25) is 9.59 Å². The zero-order chi connectivity index (χ0) is 23.8. The van der Waals surface area contributed by atoms with Crippen LogP contribution in [0.25, 0.3) is 0 Å². The average molecular weight is 453 g/mol. The predicted octanol–water partition coefficient (Wildman–Crippen LogP) is 2.92. The first-order chi connectivity index (χ1) is 15.2. The number of aliphatic hydroxyl groups excluding tert-OH is 3. The minimum Gasteiger partial charge on any atom is -0.466 e. The molecule has 0 aromatic rings. The molecule has 0 aliphatic heterocycles. The van der Waals surface area contributed by atoms with E-state index in [1.54, 1.807) is 6.92 Å². The van der Waals surface area contributed by atoms with Gasteiger partial charge in [-0.05, 0) is 50.0 Å². The summed E-state index contributed by atoms with van der Waals surface area (Å²) in [6.07, 6.45) is 5.37. The number of rotatable bonds is 11. The molecule has 0 aromatic carbocycles. The van der Waals surface area contributed by atoms with Crippen molar-refractivity contribution < 1.29 is 34.4 Å². The Labute approximate surface area is 191 Å². The third-order valence-corrected chi connectivity index (χ3v) is 6.74. The number of allylic oxidation sites excluding steroid dienone is 2. The quantitative estimate of drug-likeness (QED) is 0.413. The fourth-order valence-electron chi connectivity index (χ4n) is 4.73. The summed E-state index contributed by atoms with van der Waals surface area (Å²) < 4.78 is 10.7. The Balaban J connectivity index is 2.04. The van der Waals surface area contributed by atoms with Gasteiger partial charge in [0.2, 0.25) is 0 Å².